The molecule has 8 nitrogen and oxygen atoms in total. The molecule has 0 radical (unpaired) electrons. The van der Waals surface area contributed by atoms with E-state index in [1.807, 2.05) is 59.5 Å². The van der Waals surface area contributed by atoms with Crippen molar-refractivity contribution in [3.63, 3.8) is 0 Å². The van der Waals surface area contributed by atoms with Gasteiger partial charge in [0, 0.05) is 67.8 Å². The molecule has 2 N–H and O–H groups in total. The first-order valence-corrected chi connectivity index (χ1v) is 12.7. The summed E-state index contributed by atoms with van der Waals surface area (Å²) in [6.45, 7) is 4.95. The first kappa shape index (κ1) is 23.9. The molecule has 1 saturated carbocycles. The fourth-order valence-corrected chi connectivity index (χ4v) is 5.11. The molecule has 2 fully saturated rings. The van der Waals surface area contributed by atoms with Gasteiger partial charge < -0.3 is 15.5 Å². The van der Waals surface area contributed by atoms with Crippen molar-refractivity contribution in [2.24, 2.45) is 0 Å². The summed E-state index contributed by atoms with van der Waals surface area (Å²) in [6, 6.07) is 17.6. The lowest BCUT2D eigenvalue weighted by atomic mass is 10.1. The van der Waals surface area contributed by atoms with Crippen LogP contribution in [0.4, 0.5) is 17.3 Å². The van der Waals surface area contributed by atoms with Gasteiger partial charge in [-0.05, 0) is 49.2 Å². The second-order valence-electron chi connectivity index (χ2n) is 9.50. The third-order valence-electron chi connectivity index (χ3n) is 6.96. The van der Waals surface area contributed by atoms with Gasteiger partial charge >= 0.3 is 0 Å². The fourth-order valence-electron chi connectivity index (χ4n) is 5.11. The molecule has 2 aliphatic rings. The number of carbonyl (C=O) groups excluding carboxylic acids is 2. The maximum atomic E-state index is 13.2. The predicted molar refractivity (Wildman–Crippen MR) is 141 cm³/mol. The van der Waals surface area contributed by atoms with Gasteiger partial charge in [-0.25, -0.2) is 9.97 Å². The minimum absolute atomic E-state index is 0.0682. The zero-order valence-corrected chi connectivity index (χ0v) is 20.6. The minimum Gasteiger partial charge on any atom is -0.336 e. The summed E-state index contributed by atoms with van der Waals surface area (Å²) in [6.07, 6.45) is 6.97. The van der Waals surface area contributed by atoms with Crippen molar-refractivity contribution in [2.75, 3.05) is 36.8 Å². The van der Waals surface area contributed by atoms with E-state index < -0.39 is 0 Å². The van der Waals surface area contributed by atoms with E-state index in [-0.39, 0.29) is 11.8 Å². The Bertz CT molecular complexity index is 1210. The van der Waals surface area contributed by atoms with Crippen LogP contribution >= 0.6 is 0 Å². The minimum atomic E-state index is -0.108. The van der Waals surface area contributed by atoms with E-state index in [4.69, 9.17) is 0 Å². The zero-order chi connectivity index (χ0) is 24.9. The molecule has 0 spiro atoms. The van der Waals surface area contributed by atoms with E-state index in [1.54, 1.807) is 6.20 Å². The van der Waals surface area contributed by atoms with Crippen molar-refractivity contribution in [2.45, 2.75) is 38.6 Å². The molecule has 0 unspecified atom stereocenters. The van der Waals surface area contributed by atoms with Crippen molar-refractivity contribution < 1.29 is 9.59 Å². The van der Waals surface area contributed by atoms with Gasteiger partial charge in [0.15, 0.2) is 0 Å². The van der Waals surface area contributed by atoms with E-state index in [9.17, 15) is 9.59 Å². The quantitative estimate of drug-likeness (QED) is 0.534. The van der Waals surface area contributed by atoms with Gasteiger partial charge in [-0.3, -0.25) is 14.5 Å². The van der Waals surface area contributed by atoms with E-state index in [1.165, 1.54) is 32.6 Å². The monoisotopic (exact) mass is 484 g/mol. The standard InChI is InChI=1S/C28H32N6O2/c1-20(35)30-23-11-9-21(10-12-23)26-13-14-29-28(32-26)31-24-6-4-5-22(19-24)27(36)34-17-15-33(16-18-34)25-7-2-3-8-25/h4-6,9-14,19,25H,2-3,7-8,15-18H2,1H3,(H,30,35)(H,29,31,32). The van der Waals surface area contributed by atoms with Crippen LogP contribution in [0, 0.1) is 0 Å². The SMILES string of the molecule is CC(=O)Nc1ccc(-c2ccnc(Nc3cccc(C(=O)N4CCN(C5CCCC5)CC4)c3)n2)cc1. The number of piperazine rings is 1. The van der Waals surface area contributed by atoms with Gasteiger partial charge in [0.05, 0.1) is 5.69 Å². The normalized spacial score (nSPS) is 16.6. The zero-order valence-electron chi connectivity index (χ0n) is 20.6. The number of amides is 2. The van der Waals surface area contributed by atoms with E-state index in [2.05, 4.69) is 25.5 Å². The van der Waals surface area contributed by atoms with Gasteiger partial charge in [-0.2, -0.15) is 0 Å². The summed E-state index contributed by atoms with van der Waals surface area (Å²) in [5, 5.41) is 6.00. The van der Waals surface area contributed by atoms with Crippen LogP contribution in [0.3, 0.4) is 0 Å². The summed E-state index contributed by atoms with van der Waals surface area (Å²) in [5.41, 5.74) is 3.84. The largest absolute Gasteiger partial charge is 0.336 e. The van der Waals surface area contributed by atoms with Crippen LogP contribution in [0.5, 0.6) is 0 Å². The Morgan fingerprint density at radius 1 is 0.917 bits per heavy atom. The predicted octanol–water partition coefficient (Wildman–Crippen LogP) is 4.55. The Labute approximate surface area is 211 Å². The molecule has 1 aromatic heterocycles. The van der Waals surface area contributed by atoms with Crippen molar-refractivity contribution in [1.29, 1.82) is 0 Å². The van der Waals surface area contributed by atoms with Gasteiger partial charge in [0.2, 0.25) is 11.9 Å². The lowest BCUT2D eigenvalue weighted by molar-refractivity contribution is -0.114. The Kier molecular flexibility index (Phi) is 7.23. The maximum absolute atomic E-state index is 13.2. The number of rotatable bonds is 6. The number of nitrogens with one attached hydrogen (secondary N) is 2. The number of carbonyl (C=O) groups is 2. The number of hydrogen-bond acceptors (Lipinski definition) is 6. The Morgan fingerprint density at radius 2 is 1.67 bits per heavy atom. The number of hydrogen-bond donors (Lipinski definition) is 2. The third-order valence-corrected chi connectivity index (χ3v) is 6.96. The third kappa shape index (κ3) is 5.71. The van der Waals surface area contributed by atoms with Crippen LogP contribution in [-0.2, 0) is 4.79 Å². The smallest absolute Gasteiger partial charge is 0.254 e. The van der Waals surface area contributed by atoms with Gasteiger partial charge in [-0.1, -0.05) is 31.0 Å². The maximum Gasteiger partial charge on any atom is 0.254 e. The Hall–Kier alpha value is -3.78. The van der Waals surface area contributed by atoms with Crippen molar-refractivity contribution >= 4 is 29.1 Å². The second-order valence-corrected chi connectivity index (χ2v) is 9.50. The number of anilines is 3. The Morgan fingerprint density at radius 3 is 2.39 bits per heavy atom. The fraction of sp³-hybridized carbons (Fsp3) is 0.357. The lowest BCUT2D eigenvalue weighted by Gasteiger charge is -2.38. The van der Waals surface area contributed by atoms with Crippen LogP contribution in [0.2, 0.25) is 0 Å². The average Bonchev–Trinajstić information content (AvgIpc) is 3.44. The molecule has 8 heteroatoms. The Balaban J connectivity index is 1.23. The van der Waals surface area contributed by atoms with E-state index >= 15 is 0 Å². The second kappa shape index (κ2) is 10.9. The highest BCUT2D eigenvalue weighted by molar-refractivity contribution is 5.95. The summed E-state index contributed by atoms with van der Waals surface area (Å²) in [4.78, 5) is 37.9. The van der Waals surface area contributed by atoms with Gasteiger partial charge in [0.25, 0.3) is 5.91 Å². The van der Waals surface area contributed by atoms with Crippen molar-refractivity contribution in [3.05, 3.63) is 66.4 Å². The molecule has 0 bridgehead atoms. The highest BCUT2D eigenvalue weighted by atomic mass is 16.2. The topological polar surface area (TPSA) is 90.5 Å². The molecule has 2 aromatic carbocycles. The molecule has 0 atom stereocenters. The van der Waals surface area contributed by atoms with Crippen LogP contribution < -0.4 is 10.6 Å². The molecular formula is C28H32N6O2. The number of aromatic nitrogens is 2. The van der Waals surface area contributed by atoms with E-state index in [0.29, 0.717) is 17.6 Å². The molecule has 3 aromatic rings. The number of nitrogens with zero attached hydrogens (tertiary/aromatic N) is 4. The first-order chi connectivity index (χ1) is 17.5. The molecule has 5 rings (SSSR count). The number of benzene rings is 2. The highest BCUT2D eigenvalue weighted by Crippen LogP contribution is 2.25. The summed E-state index contributed by atoms with van der Waals surface area (Å²) < 4.78 is 0. The van der Waals surface area contributed by atoms with Crippen LogP contribution in [-0.4, -0.2) is 63.8 Å². The molecule has 1 aliphatic heterocycles. The summed E-state index contributed by atoms with van der Waals surface area (Å²) in [5.74, 6) is 0.412. The van der Waals surface area contributed by atoms with Crippen LogP contribution in [0.1, 0.15) is 43.0 Å². The highest BCUT2D eigenvalue weighted by Gasteiger charge is 2.28. The average molecular weight is 485 g/mol. The van der Waals surface area contributed by atoms with Gasteiger partial charge in [-0.15, -0.1) is 0 Å². The molecule has 2 amide bonds. The molecule has 2 heterocycles. The molecule has 1 saturated heterocycles. The van der Waals surface area contributed by atoms with Crippen LogP contribution in [0.25, 0.3) is 11.3 Å². The molecule has 36 heavy (non-hydrogen) atoms. The molecule has 1 aliphatic carbocycles. The van der Waals surface area contributed by atoms with Crippen molar-refractivity contribution in [3.8, 4) is 11.3 Å². The molecular weight excluding hydrogens is 452 g/mol. The summed E-state index contributed by atoms with van der Waals surface area (Å²) in [7, 11) is 0. The molecule has 186 valence electrons. The van der Waals surface area contributed by atoms with E-state index in [0.717, 1.165) is 48.8 Å². The van der Waals surface area contributed by atoms with Crippen molar-refractivity contribution in [1.82, 2.24) is 19.8 Å². The van der Waals surface area contributed by atoms with Gasteiger partial charge in [0.1, 0.15) is 0 Å². The van der Waals surface area contributed by atoms with Crippen LogP contribution in [0.15, 0.2) is 60.8 Å². The summed E-state index contributed by atoms with van der Waals surface area (Å²) >= 11 is 0. The lowest BCUT2D eigenvalue weighted by Crippen LogP contribution is -2.51. The first-order valence-electron chi connectivity index (χ1n) is 12.7.